The van der Waals surface area contributed by atoms with E-state index < -0.39 is 50.5 Å². The Balaban J connectivity index is 2.59. The molecular formula is C12H10F5N3O4S. The molecule has 2 heterocycles. The maximum atomic E-state index is 13.1. The molecule has 0 fully saturated rings. The Morgan fingerprint density at radius 2 is 2.00 bits per heavy atom. The number of rotatable bonds is 5. The summed E-state index contributed by atoms with van der Waals surface area (Å²) in [5.41, 5.74) is -2.80. The zero-order valence-corrected chi connectivity index (χ0v) is 13.2. The zero-order chi connectivity index (χ0) is 19.0. The van der Waals surface area contributed by atoms with E-state index >= 15 is 0 Å². The number of alkyl halides is 5. The molecule has 2 rings (SSSR count). The van der Waals surface area contributed by atoms with Gasteiger partial charge >= 0.3 is 17.8 Å². The number of ether oxygens (including phenoxy) is 1. The highest BCUT2D eigenvalue weighted by molar-refractivity contribution is 7.90. The first-order chi connectivity index (χ1) is 11.4. The van der Waals surface area contributed by atoms with Crippen LogP contribution in [-0.4, -0.2) is 24.8 Å². The lowest BCUT2D eigenvalue weighted by molar-refractivity contribution is -0.646. The predicted molar refractivity (Wildman–Crippen MR) is 71.1 cm³/mol. The second kappa shape index (κ2) is 6.46. The van der Waals surface area contributed by atoms with E-state index in [0.29, 0.717) is 4.68 Å². The molecule has 0 aliphatic rings. The Bertz CT molecular complexity index is 879. The first-order valence-electron chi connectivity index (χ1n) is 6.42. The summed E-state index contributed by atoms with van der Waals surface area (Å²) in [7, 11) is -3.71. The van der Waals surface area contributed by atoms with Crippen molar-refractivity contribution in [2.24, 2.45) is 7.05 Å². The first-order valence-corrected chi connectivity index (χ1v) is 8.07. The van der Waals surface area contributed by atoms with E-state index in [1.165, 1.54) is 12.1 Å². The number of nitrogens with zero attached hydrogens (tertiary/aromatic N) is 3. The number of pyridine rings is 1. The van der Waals surface area contributed by atoms with Gasteiger partial charge in [0, 0.05) is 19.2 Å². The number of halogens is 5. The molecule has 0 saturated carbocycles. The van der Waals surface area contributed by atoms with Crippen LogP contribution in [0.4, 0.5) is 22.0 Å². The Kier molecular flexibility index (Phi) is 4.88. The highest BCUT2D eigenvalue weighted by Gasteiger charge is 2.42. The third-order valence-corrected chi connectivity index (χ3v) is 4.62. The van der Waals surface area contributed by atoms with E-state index in [2.05, 4.69) is 9.84 Å². The minimum absolute atomic E-state index is 0.0629. The van der Waals surface area contributed by atoms with E-state index in [-0.39, 0.29) is 4.73 Å². The van der Waals surface area contributed by atoms with E-state index in [4.69, 9.17) is 0 Å². The Hall–Kier alpha value is -2.44. The summed E-state index contributed by atoms with van der Waals surface area (Å²) >= 11 is 0. The lowest BCUT2D eigenvalue weighted by atomic mass is 10.2. The lowest BCUT2D eigenvalue weighted by Gasteiger charge is -2.10. The molecule has 0 aromatic carbocycles. The van der Waals surface area contributed by atoms with Crippen LogP contribution in [-0.2, 0) is 28.8 Å². The molecule has 13 heteroatoms. The molecular weight excluding hydrogens is 377 g/mol. The number of aromatic nitrogens is 3. The van der Waals surface area contributed by atoms with Crippen molar-refractivity contribution in [2.75, 3.05) is 0 Å². The smallest absolute Gasteiger partial charge is 0.435 e. The monoisotopic (exact) mass is 387 g/mol. The van der Waals surface area contributed by atoms with Gasteiger partial charge in [0.15, 0.2) is 11.9 Å². The summed E-state index contributed by atoms with van der Waals surface area (Å²) < 4.78 is 92.9. The molecule has 0 N–H and O–H groups in total. The van der Waals surface area contributed by atoms with Gasteiger partial charge in [-0.2, -0.15) is 31.8 Å². The number of hydrogen-bond donors (Lipinski definition) is 0. The SMILES string of the molecule is Cn1nc(C(F)(F)F)c(CS(=O)(=O)c2cccc[n+]2[O-])c1OC(F)F. The first kappa shape index (κ1) is 18.9. The van der Waals surface area contributed by atoms with Crippen molar-refractivity contribution in [2.45, 2.75) is 23.6 Å². The minimum atomic E-state index is -5.11. The van der Waals surface area contributed by atoms with Gasteiger partial charge in [0.05, 0.1) is 11.3 Å². The average molecular weight is 387 g/mol. The summed E-state index contributed by atoms with van der Waals surface area (Å²) in [4.78, 5) is 0. The van der Waals surface area contributed by atoms with Gasteiger partial charge in [-0.25, -0.2) is 13.1 Å². The van der Waals surface area contributed by atoms with Crippen molar-refractivity contribution < 1.29 is 39.8 Å². The van der Waals surface area contributed by atoms with Crippen LogP contribution in [0, 0.1) is 5.21 Å². The fourth-order valence-corrected chi connectivity index (χ4v) is 3.47. The van der Waals surface area contributed by atoms with Crippen LogP contribution in [0.2, 0.25) is 0 Å². The van der Waals surface area contributed by atoms with Crippen LogP contribution in [0.3, 0.4) is 0 Å². The van der Waals surface area contributed by atoms with Crippen molar-refractivity contribution in [3.8, 4) is 5.88 Å². The maximum absolute atomic E-state index is 13.1. The molecule has 0 aliphatic carbocycles. The van der Waals surface area contributed by atoms with E-state index in [1.54, 1.807) is 0 Å². The van der Waals surface area contributed by atoms with Crippen molar-refractivity contribution in [3.05, 3.63) is 40.9 Å². The maximum Gasteiger partial charge on any atom is 0.435 e. The van der Waals surface area contributed by atoms with Crippen LogP contribution in [0.5, 0.6) is 5.88 Å². The zero-order valence-electron chi connectivity index (χ0n) is 12.4. The Labute approximate surface area is 137 Å². The largest absolute Gasteiger partial charge is 0.618 e. The highest BCUT2D eigenvalue weighted by Crippen LogP contribution is 2.37. The molecule has 0 aliphatic heterocycles. The summed E-state index contributed by atoms with van der Waals surface area (Å²) in [6.07, 6.45) is -4.28. The van der Waals surface area contributed by atoms with Crippen LogP contribution in [0.15, 0.2) is 29.4 Å². The molecule has 0 bridgehead atoms. The molecule has 7 nitrogen and oxygen atoms in total. The normalized spacial score (nSPS) is 12.6. The van der Waals surface area contributed by atoms with Gasteiger partial charge in [-0.1, -0.05) is 0 Å². The van der Waals surface area contributed by atoms with Gasteiger partial charge < -0.3 is 9.94 Å². The summed E-state index contributed by atoms with van der Waals surface area (Å²) in [6.45, 7) is -3.50. The highest BCUT2D eigenvalue weighted by atomic mass is 32.2. The quantitative estimate of drug-likeness (QED) is 0.442. The fraction of sp³-hybridized carbons (Fsp3) is 0.333. The fourth-order valence-electron chi connectivity index (χ4n) is 2.06. The molecule has 0 saturated heterocycles. The molecule has 0 radical (unpaired) electrons. The van der Waals surface area contributed by atoms with E-state index in [0.717, 1.165) is 19.3 Å². The van der Waals surface area contributed by atoms with Crippen LogP contribution >= 0.6 is 0 Å². The standard InChI is InChI=1S/C12H10F5N3O4S/c1-19-10(24-11(13)14)7(9(18-19)12(15,16)17)6-25(22,23)8-4-2-3-5-20(8)21/h2-5,11H,6H2,1H3. The molecule has 0 amide bonds. The van der Waals surface area contributed by atoms with Gasteiger partial charge in [-0.15, -0.1) is 0 Å². The van der Waals surface area contributed by atoms with Gasteiger partial charge in [-0.05, 0) is 6.07 Å². The van der Waals surface area contributed by atoms with Crippen LogP contribution < -0.4 is 9.47 Å². The summed E-state index contributed by atoms with van der Waals surface area (Å²) in [5.74, 6) is -2.46. The summed E-state index contributed by atoms with van der Waals surface area (Å²) in [6, 6.07) is 3.27. The van der Waals surface area contributed by atoms with Gasteiger partial charge in [0.2, 0.25) is 15.7 Å². The van der Waals surface area contributed by atoms with Crippen molar-refractivity contribution in [1.82, 2.24) is 9.78 Å². The number of hydrogen-bond acceptors (Lipinski definition) is 5. The van der Waals surface area contributed by atoms with Gasteiger partial charge in [-0.3, -0.25) is 0 Å². The molecule has 138 valence electrons. The summed E-state index contributed by atoms with van der Waals surface area (Å²) in [5, 5.41) is 13.7. The average Bonchev–Trinajstić information content (AvgIpc) is 2.75. The molecule has 2 aromatic heterocycles. The lowest BCUT2D eigenvalue weighted by Crippen LogP contribution is -2.33. The number of sulfone groups is 1. The van der Waals surface area contributed by atoms with Crippen molar-refractivity contribution >= 4 is 9.84 Å². The molecule has 25 heavy (non-hydrogen) atoms. The van der Waals surface area contributed by atoms with Crippen molar-refractivity contribution in [1.29, 1.82) is 0 Å². The second-order valence-corrected chi connectivity index (χ2v) is 6.69. The van der Waals surface area contributed by atoms with Gasteiger partial charge in [0.25, 0.3) is 0 Å². The van der Waals surface area contributed by atoms with Gasteiger partial charge in [0.1, 0.15) is 0 Å². The topological polar surface area (TPSA) is 88.1 Å². The van der Waals surface area contributed by atoms with E-state index in [9.17, 15) is 35.6 Å². The third kappa shape index (κ3) is 3.97. The molecule has 0 spiro atoms. The van der Waals surface area contributed by atoms with Crippen molar-refractivity contribution in [3.63, 3.8) is 0 Å². The molecule has 0 atom stereocenters. The number of aryl methyl sites for hydroxylation is 1. The molecule has 0 unspecified atom stereocenters. The molecule has 2 aromatic rings. The second-order valence-electron chi connectivity index (χ2n) is 4.76. The Morgan fingerprint density at radius 1 is 1.36 bits per heavy atom. The Morgan fingerprint density at radius 3 is 2.52 bits per heavy atom. The van der Waals surface area contributed by atoms with E-state index in [1.807, 2.05) is 0 Å². The predicted octanol–water partition coefficient (Wildman–Crippen LogP) is 1.65. The third-order valence-electron chi connectivity index (χ3n) is 3.00. The van der Waals surface area contributed by atoms with Crippen LogP contribution in [0.25, 0.3) is 0 Å². The van der Waals surface area contributed by atoms with Crippen LogP contribution in [0.1, 0.15) is 11.3 Å². The minimum Gasteiger partial charge on any atom is -0.618 e.